The maximum absolute atomic E-state index is 11.9. The molecule has 1 fully saturated rings. The number of rotatable bonds is 7. The maximum Gasteiger partial charge on any atom is 0.311 e. The van der Waals surface area contributed by atoms with Gasteiger partial charge in [-0.25, -0.2) is 0 Å². The summed E-state index contributed by atoms with van der Waals surface area (Å²) in [6.07, 6.45) is 4.56. The van der Waals surface area contributed by atoms with Crippen molar-refractivity contribution in [3.8, 4) is 23.3 Å². The van der Waals surface area contributed by atoms with Crippen molar-refractivity contribution in [2.45, 2.75) is 70.7 Å². The minimum atomic E-state index is -0.620. The Balaban J connectivity index is 1.78. The van der Waals surface area contributed by atoms with Crippen LogP contribution in [-0.2, 0) is 4.79 Å². The van der Waals surface area contributed by atoms with Crippen molar-refractivity contribution >= 4 is 5.97 Å². The van der Waals surface area contributed by atoms with Crippen LogP contribution in [0, 0.1) is 23.7 Å². The van der Waals surface area contributed by atoms with Crippen LogP contribution in [-0.4, -0.2) is 34.5 Å². The molecule has 3 rings (SSSR count). The van der Waals surface area contributed by atoms with E-state index in [4.69, 9.17) is 9.47 Å². The summed E-state index contributed by atoms with van der Waals surface area (Å²) in [5.74, 6) is 6.44. The Bertz CT molecular complexity index is 818. The third-order valence-corrected chi connectivity index (χ3v) is 5.76. The van der Waals surface area contributed by atoms with Crippen LogP contribution in [0.5, 0.6) is 11.5 Å². The Morgan fingerprint density at radius 1 is 1.45 bits per heavy atom. The Kier molecular flexibility index (Phi) is 7.00. The largest absolute Gasteiger partial charge is 0.485 e. The summed E-state index contributed by atoms with van der Waals surface area (Å²) in [4.78, 5) is 11.9. The lowest BCUT2D eigenvalue weighted by Crippen LogP contribution is -2.19. The van der Waals surface area contributed by atoms with Crippen molar-refractivity contribution in [2.24, 2.45) is 11.8 Å². The highest BCUT2D eigenvalue weighted by molar-refractivity contribution is 5.73. The molecule has 0 bridgehead atoms. The number of carbonyl (C=O) groups excluding carboxylic acids is 1. The van der Waals surface area contributed by atoms with Crippen molar-refractivity contribution < 1.29 is 24.5 Å². The van der Waals surface area contributed by atoms with Gasteiger partial charge in [0.1, 0.15) is 6.10 Å². The van der Waals surface area contributed by atoms with Crippen LogP contribution in [0.15, 0.2) is 30.4 Å². The number of aliphatic hydroxyl groups excluding tert-OH is 2. The Morgan fingerprint density at radius 3 is 2.97 bits per heavy atom. The molecule has 6 atom stereocenters. The molecule has 1 saturated carbocycles. The number of esters is 1. The molecule has 2 aliphatic rings. The number of hydrogen-bond donors (Lipinski definition) is 2. The van der Waals surface area contributed by atoms with Crippen molar-refractivity contribution in [3.63, 3.8) is 0 Å². The normalized spacial score (nSPS) is 26.8. The summed E-state index contributed by atoms with van der Waals surface area (Å²) >= 11 is 0. The number of para-hydroxylation sites is 1. The molecular formula is C24H30O5. The number of carbonyl (C=O) groups is 1. The first-order chi connectivity index (χ1) is 14.0. The molecule has 1 unspecified atom stereocenters. The topological polar surface area (TPSA) is 76.0 Å². The second-order valence-electron chi connectivity index (χ2n) is 7.94. The van der Waals surface area contributed by atoms with E-state index in [0.29, 0.717) is 30.8 Å². The Morgan fingerprint density at radius 2 is 2.24 bits per heavy atom. The van der Waals surface area contributed by atoms with Crippen molar-refractivity contribution in [3.05, 3.63) is 35.9 Å². The molecule has 1 aromatic carbocycles. The second-order valence-corrected chi connectivity index (χ2v) is 7.94. The van der Waals surface area contributed by atoms with E-state index in [1.54, 1.807) is 19.1 Å². The van der Waals surface area contributed by atoms with Gasteiger partial charge in [-0.15, -0.1) is 11.8 Å². The van der Waals surface area contributed by atoms with Crippen LogP contribution in [0.1, 0.15) is 57.9 Å². The third kappa shape index (κ3) is 4.66. The van der Waals surface area contributed by atoms with Gasteiger partial charge in [-0.3, -0.25) is 4.79 Å². The van der Waals surface area contributed by atoms with Gasteiger partial charge in [-0.1, -0.05) is 38.1 Å². The fourth-order valence-corrected chi connectivity index (χ4v) is 4.15. The lowest BCUT2D eigenvalue weighted by atomic mass is 9.87. The maximum atomic E-state index is 11.9. The minimum Gasteiger partial charge on any atom is -0.485 e. The van der Waals surface area contributed by atoms with Gasteiger partial charge in [-0.05, 0) is 25.3 Å². The quantitative estimate of drug-likeness (QED) is 0.318. The molecule has 0 saturated heterocycles. The SMILES string of the molecule is CC#CCC(C)[C@H](O)/C=C/[C@@H]1[C@H]2c3cccc(OC(=O)CCC)c3O[C@H]2C[C@H]1O. The minimum absolute atomic E-state index is 0.0183. The van der Waals surface area contributed by atoms with E-state index in [9.17, 15) is 15.0 Å². The highest BCUT2D eigenvalue weighted by Crippen LogP contribution is 2.53. The van der Waals surface area contributed by atoms with Crippen molar-refractivity contribution in [2.75, 3.05) is 0 Å². The number of benzene rings is 1. The van der Waals surface area contributed by atoms with Gasteiger partial charge in [0.15, 0.2) is 11.5 Å². The molecule has 2 N–H and O–H groups in total. The van der Waals surface area contributed by atoms with Gasteiger partial charge in [-0.2, -0.15) is 0 Å². The van der Waals surface area contributed by atoms with Crippen LogP contribution < -0.4 is 9.47 Å². The standard InChI is InChI=1S/C24H30O5/c1-4-6-9-15(3)18(25)13-12-16-19(26)14-21-23(16)17-10-7-11-20(24(17)29-21)28-22(27)8-5-2/h7,10-13,15-16,18-19,21,23,25-26H,5,8-9,14H2,1-3H3/b13-12+/t15?,16-,18+,19+,21-,23-/m0/s1. The summed E-state index contributed by atoms with van der Waals surface area (Å²) in [6.45, 7) is 5.67. The molecule has 29 heavy (non-hydrogen) atoms. The van der Waals surface area contributed by atoms with Crippen LogP contribution in [0.3, 0.4) is 0 Å². The van der Waals surface area contributed by atoms with Gasteiger partial charge < -0.3 is 19.7 Å². The lowest BCUT2D eigenvalue weighted by molar-refractivity contribution is -0.134. The number of fused-ring (bicyclic) bond motifs is 3. The fraction of sp³-hybridized carbons (Fsp3) is 0.542. The number of aliphatic hydroxyl groups is 2. The van der Waals surface area contributed by atoms with E-state index in [-0.39, 0.29) is 29.8 Å². The first kappa shape index (κ1) is 21.4. The third-order valence-electron chi connectivity index (χ3n) is 5.76. The van der Waals surface area contributed by atoms with Crippen LogP contribution in [0.4, 0.5) is 0 Å². The van der Waals surface area contributed by atoms with Crippen LogP contribution in [0.25, 0.3) is 0 Å². The Labute approximate surface area is 172 Å². The van der Waals surface area contributed by atoms with E-state index in [0.717, 1.165) is 12.0 Å². The average Bonchev–Trinajstić information content (AvgIpc) is 3.20. The first-order valence-corrected chi connectivity index (χ1v) is 10.4. The molecule has 0 spiro atoms. The Hall–Kier alpha value is -2.29. The van der Waals surface area contributed by atoms with Crippen molar-refractivity contribution in [1.29, 1.82) is 0 Å². The molecule has 1 aliphatic carbocycles. The zero-order valence-electron chi connectivity index (χ0n) is 17.3. The molecule has 0 radical (unpaired) electrons. The highest BCUT2D eigenvalue weighted by atomic mass is 16.6. The number of ether oxygens (including phenoxy) is 2. The van der Waals surface area contributed by atoms with E-state index in [2.05, 4.69) is 11.8 Å². The molecule has 1 aromatic rings. The summed E-state index contributed by atoms with van der Waals surface area (Å²) in [5.41, 5.74) is 0.947. The summed E-state index contributed by atoms with van der Waals surface area (Å²) in [5, 5.41) is 21.0. The van der Waals surface area contributed by atoms with Gasteiger partial charge in [0.25, 0.3) is 0 Å². The smallest absolute Gasteiger partial charge is 0.311 e. The molecule has 1 heterocycles. The predicted octanol–water partition coefficient (Wildman–Crippen LogP) is 3.58. The van der Waals surface area contributed by atoms with Gasteiger partial charge in [0.05, 0.1) is 12.2 Å². The molecule has 0 amide bonds. The molecule has 5 nitrogen and oxygen atoms in total. The predicted molar refractivity (Wildman–Crippen MR) is 111 cm³/mol. The monoisotopic (exact) mass is 398 g/mol. The molecule has 0 aromatic heterocycles. The summed E-state index contributed by atoms with van der Waals surface area (Å²) in [7, 11) is 0. The molecule has 1 aliphatic heterocycles. The van der Waals surface area contributed by atoms with E-state index >= 15 is 0 Å². The zero-order valence-corrected chi connectivity index (χ0v) is 17.3. The molecule has 5 heteroatoms. The van der Waals surface area contributed by atoms with Crippen LogP contribution >= 0.6 is 0 Å². The average molecular weight is 398 g/mol. The van der Waals surface area contributed by atoms with Crippen molar-refractivity contribution in [1.82, 2.24) is 0 Å². The molecular weight excluding hydrogens is 368 g/mol. The molecule has 156 valence electrons. The van der Waals surface area contributed by atoms with Crippen LogP contribution in [0.2, 0.25) is 0 Å². The van der Waals surface area contributed by atoms with Gasteiger partial charge in [0, 0.05) is 36.7 Å². The number of hydrogen-bond acceptors (Lipinski definition) is 5. The lowest BCUT2D eigenvalue weighted by Gasteiger charge is -2.19. The highest BCUT2D eigenvalue weighted by Gasteiger charge is 2.49. The van der Waals surface area contributed by atoms with E-state index in [1.807, 2.05) is 32.1 Å². The van der Waals surface area contributed by atoms with E-state index in [1.165, 1.54) is 0 Å². The van der Waals surface area contributed by atoms with Gasteiger partial charge in [0.2, 0.25) is 0 Å². The summed E-state index contributed by atoms with van der Waals surface area (Å²) < 4.78 is 11.6. The fourth-order valence-electron chi connectivity index (χ4n) is 4.15. The first-order valence-electron chi connectivity index (χ1n) is 10.4. The second kappa shape index (κ2) is 9.47. The van der Waals surface area contributed by atoms with E-state index < -0.39 is 12.2 Å². The van der Waals surface area contributed by atoms with Gasteiger partial charge >= 0.3 is 5.97 Å². The summed E-state index contributed by atoms with van der Waals surface area (Å²) in [6, 6.07) is 5.56. The zero-order chi connectivity index (χ0) is 21.0.